The molecule has 3 heteroatoms. The number of pyridine rings is 2. The van der Waals surface area contributed by atoms with Crippen LogP contribution in [0.1, 0.15) is 19.0 Å². The van der Waals surface area contributed by atoms with Crippen molar-refractivity contribution < 1.29 is 4.39 Å². The number of hydrogen-bond donors (Lipinski definition) is 0. The second-order valence-corrected chi connectivity index (χ2v) is 3.63. The van der Waals surface area contributed by atoms with Crippen molar-refractivity contribution in [3.05, 3.63) is 48.2 Å². The Balaban J connectivity index is 2.27. The SMILES string of the molecule is CCCc1ccc(-c2cccc(F)n2)cn1. The van der Waals surface area contributed by atoms with Crippen LogP contribution in [0, 0.1) is 5.95 Å². The molecule has 2 aromatic rings. The minimum atomic E-state index is -0.463. The van der Waals surface area contributed by atoms with Crippen LogP contribution in [0.5, 0.6) is 0 Å². The first kappa shape index (κ1) is 10.7. The van der Waals surface area contributed by atoms with E-state index in [-0.39, 0.29) is 0 Å². The van der Waals surface area contributed by atoms with E-state index in [1.54, 1.807) is 18.3 Å². The molecule has 2 heterocycles. The molecule has 0 aliphatic carbocycles. The summed E-state index contributed by atoms with van der Waals surface area (Å²) in [6, 6.07) is 8.66. The van der Waals surface area contributed by atoms with E-state index in [0.29, 0.717) is 5.69 Å². The zero-order valence-electron chi connectivity index (χ0n) is 9.15. The van der Waals surface area contributed by atoms with Crippen LogP contribution >= 0.6 is 0 Å². The highest BCUT2D eigenvalue weighted by Gasteiger charge is 2.01. The molecule has 0 aromatic carbocycles. The van der Waals surface area contributed by atoms with Crippen LogP contribution in [0.2, 0.25) is 0 Å². The first-order valence-electron chi connectivity index (χ1n) is 5.37. The van der Waals surface area contributed by atoms with Gasteiger partial charge in [-0.25, -0.2) is 4.98 Å². The maximum Gasteiger partial charge on any atom is 0.213 e. The van der Waals surface area contributed by atoms with E-state index in [9.17, 15) is 4.39 Å². The topological polar surface area (TPSA) is 25.8 Å². The van der Waals surface area contributed by atoms with Gasteiger partial charge >= 0.3 is 0 Å². The highest BCUT2D eigenvalue weighted by Crippen LogP contribution is 2.16. The zero-order valence-corrected chi connectivity index (χ0v) is 9.15. The Kier molecular flexibility index (Phi) is 3.25. The van der Waals surface area contributed by atoms with Gasteiger partial charge in [0.15, 0.2) is 0 Å². The summed E-state index contributed by atoms with van der Waals surface area (Å²) in [5.74, 6) is -0.463. The summed E-state index contributed by atoms with van der Waals surface area (Å²) in [4.78, 5) is 8.12. The average Bonchev–Trinajstić information content (AvgIpc) is 2.30. The molecule has 0 N–H and O–H groups in total. The molecule has 2 rings (SSSR count). The van der Waals surface area contributed by atoms with Crippen molar-refractivity contribution in [2.45, 2.75) is 19.8 Å². The number of aryl methyl sites for hydroxylation is 1. The first-order valence-corrected chi connectivity index (χ1v) is 5.37. The first-order chi connectivity index (χ1) is 7.79. The van der Waals surface area contributed by atoms with Crippen LogP contribution in [0.4, 0.5) is 4.39 Å². The number of halogens is 1. The van der Waals surface area contributed by atoms with Crippen molar-refractivity contribution in [2.24, 2.45) is 0 Å². The monoisotopic (exact) mass is 216 g/mol. The summed E-state index contributed by atoms with van der Waals surface area (Å²) < 4.78 is 12.9. The molecule has 16 heavy (non-hydrogen) atoms. The third-order valence-corrected chi connectivity index (χ3v) is 2.34. The maximum absolute atomic E-state index is 12.9. The van der Waals surface area contributed by atoms with Crippen molar-refractivity contribution in [3.8, 4) is 11.3 Å². The van der Waals surface area contributed by atoms with Gasteiger partial charge < -0.3 is 0 Å². The van der Waals surface area contributed by atoms with Gasteiger partial charge in [-0.05, 0) is 30.7 Å². The summed E-state index contributed by atoms with van der Waals surface area (Å²) in [6.45, 7) is 2.11. The Labute approximate surface area is 94.2 Å². The molecule has 2 nitrogen and oxygen atoms in total. The van der Waals surface area contributed by atoms with E-state index in [1.165, 1.54) is 6.07 Å². The molecule has 0 fully saturated rings. The van der Waals surface area contributed by atoms with Gasteiger partial charge in [-0.1, -0.05) is 19.4 Å². The van der Waals surface area contributed by atoms with Gasteiger partial charge in [0.1, 0.15) is 0 Å². The molecule has 0 aliphatic heterocycles. The van der Waals surface area contributed by atoms with Crippen LogP contribution in [0.25, 0.3) is 11.3 Å². The van der Waals surface area contributed by atoms with Crippen molar-refractivity contribution in [3.63, 3.8) is 0 Å². The molecule has 0 spiro atoms. The van der Waals surface area contributed by atoms with Gasteiger partial charge in [-0.15, -0.1) is 0 Å². The van der Waals surface area contributed by atoms with Crippen molar-refractivity contribution in [1.82, 2.24) is 9.97 Å². The maximum atomic E-state index is 12.9. The molecule has 0 bridgehead atoms. The second kappa shape index (κ2) is 4.84. The molecule has 0 radical (unpaired) electrons. The van der Waals surface area contributed by atoms with Gasteiger partial charge in [0.25, 0.3) is 0 Å². The second-order valence-electron chi connectivity index (χ2n) is 3.63. The van der Waals surface area contributed by atoms with Crippen LogP contribution in [-0.4, -0.2) is 9.97 Å². The molecule has 82 valence electrons. The third kappa shape index (κ3) is 2.42. The average molecular weight is 216 g/mol. The highest BCUT2D eigenvalue weighted by atomic mass is 19.1. The fourth-order valence-electron chi connectivity index (χ4n) is 1.55. The van der Waals surface area contributed by atoms with E-state index in [2.05, 4.69) is 16.9 Å². The van der Waals surface area contributed by atoms with Gasteiger partial charge in [-0.3, -0.25) is 4.98 Å². The van der Waals surface area contributed by atoms with Crippen molar-refractivity contribution >= 4 is 0 Å². The molecular weight excluding hydrogens is 203 g/mol. The van der Waals surface area contributed by atoms with E-state index < -0.39 is 5.95 Å². The van der Waals surface area contributed by atoms with Gasteiger partial charge in [0.05, 0.1) is 5.69 Å². The molecule has 0 aliphatic rings. The van der Waals surface area contributed by atoms with Crippen LogP contribution in [0.3, 0.4) is 0 Å². The summed E-state index contributed by atoms with van der Waals surface area (Å²) in [6.07, 6.45) is 3.79. The number of hydrogen-bond acceptors (Lipinski definition) is 2. The molecule has 0 atom stereocenters. The lowest BCUT2D eigenvalue weighted by atomic mass is 10.1. The number of aromatic nitrogens is 2. The lowest BCUT2D eigenvalue weighted by Crippen LogP contribution is -1.91. The smallest absolute Gasteiger partial charge is 0.213 e. The Morgan fingerprint density at radius 1 is 1.19 bits per heavy atom. The quantitative estimate of drug-likeness (QED) is 0.736. The van der Waals surface area contributed by atoms with Gasteiger partial charge in [0.2, 0.25) is 5.95 Å². The fraction of sp³-hybridized carbons (Fsp3) is 0.231. The predicted octanol–water partition coefficient (Wildman–Crippen LogP) is 3.24. The zero-order chi connectivity index (χ0) is 11.4. The van der Waals surface area contributed by atoms with Crippen LogP contribution < -0.4 is 0 Å². The van der Waals surface area contributed by atoms with Gasteiger partial charge in [0, 0.05) is 17.5 Å². The fourth-order valence-corrected chi connectivity index (χ4v) is 1.55. The third-order valence-electron chi connectivity index (χ3n) is 2.34. The molecular formula is C13H13FN2. The van der Waals surface area contributed by atoms with E-state index in [1.807, 2.05) is 12.1 Å². The Morgan fingerprint density at radius 3 is 2.69 bits per heavy atom. The number of rotatable bonds is 3. The van der Waals surface area contributed by atoms with Gasteiger partial charge in [-0.2, -0.15) is 4.39 Å². The molecule has 0 unspecified atom stereocenters. The molecule has 2 aromatic heterocycles. The standard InChI is InChI=1S/C13H13FN2/c1-2-4-11-8-7-10(9-15-11)12-5-3-6-13(14)16-12/h3,5-9H,2,4H2,1H3. The normalized spacial score (nSPS) is 10.4. The number of nitrogens with zero attached hydrogens (tertiary/aromatic N) is 2. The molecule has 0 amide bonds. The lowest BCUT2D eigenvalue weighted by molar-refractivity contribution is 0.585. The summed E-state index contributed by atoms with van der Waals surface area (Å²) in [7, 11) is 0. The van der Waals surface area contributed by atoms with Crippen LogP contribution in [0.15, 0.2) is 36.5 Å². The van der Waals surface area contributed by atoms with E-state index in [4.69, 9.17) is 0 Å². The summed E-state index contributed by atoms with van der Waals surface area (Å²) >= 11 is 0. The van der Waals surface area contributed by atoms with E-state index in [0.717, 1.165) is 24.1 Å². The Hall–Kier alpha value is -1.77. The highest BCUT2D eigenvalue weighted by molar-refractivity contribution is 5.57. The predicted molar refractivity (Wildman–Crippen MR) is 61.4 cm³/mol. The van der Waals surface area contributed by atoms with Crippen molar-refractivity contribution in [2.75, 3.05) is 0 Å². The summed E-state index contributed by atoms with van der Waals surface area (Å²) in [5.41, 5.74) is 2.53. The van der Waals surface area contributed by atoms with E-state index >= 15 is 0 Å². The minimum Gasteiger partial charge on any atom is -0.261 e. The van der Waals surface area contributed by atoms with Crippen molar-refractivity contribution in [1.29, 1.82) is 0 Å². The summed E-state index contributed by atoms with van der Waals surface area (Å²) in [5, 5.41) is 0. The molecule has 0 saturated carbocycles. The molecule has 0 saturated heterocycles. The Bertz CT molecular complexity index is 466. The largest absolute Gasteiger partial charge is 0.261 e. The lowest BCUT2D eigenvalue weighted by Gasteiger charge is -2.02. The Morgan fingerprint density at radius 2 is 2.06 bits per heavy atom. The minimum absolute atomic E-state index is 0.463. The van der Waals surface area contributed by atoms with Crippen LogP contribution in [-0.2, 0) is 6.42 Å².